The van der Waals surface area contributed by atoms with Gasteiger partial charge in [0.05, 0.1) is 21.6 Å². The number of nitrogens with one attached hydrogen (secondary N) is 1. The second-order valence-electron chi connectivity index (χ2n) is 5.40. The van der Waals surface area contributed by atoms with E-state index in [1.165, 1.54) is 0 Å². The van der Waals surface area contributed by atoms with Gasteiger partial charge in [-0.1, -0.05) is 41.9 Å². The zero-order valence-corrected chi connectivity index (χ0v) is 14.0. The van der Waals surface area contributed by atoms with Gasteiger partial charge in [-0.25, -0.2) is 4.98 Å². The van der Waals surface area contributed by atoms with Gasteiger partial charge >= 0.3 is 0 Å². The predicted octanol–water partition coefficient (Wildman–Crippen LogP) is 3.85. The van der Waals surface area contributed by atoms with Crippen LogP contribution in [0.2, 0.25) is 5.02 Å². The first-order valence-electron chi connectivity index (χ1n) is 7.78. The second kappa shape index (κ2) is 7.32. The van der Waals surface area contributed by atoms with Crippen LogP contribution in [0, 0.1) is 0 Å². The molecule has 3 aromatic rings. The van der Waals surface area contributed by atoms with Crippen molar-refractivity contribution >= 4 is 28.5 Å². The molecule has 1 amide bonds. The molecule has 4 nitrogen and oxygen atoms in total. The molecule has 0 bridgehead atoms. The minimum atomic E-state index is -0.174. The largest absolute Gasteiger partial charge is 0.352 e. The highest BCUT2D eigenvalue weighted by Crippen LogP contribution is 2.17. The molecule has 1 N–H and O–H groups in total. The number of fused-ring (bicyclic) bond motifs is 1. The molecule has 24 heavy (non-hydrogen) atoms. The van der Waals surface area contributed by atoms with Crippen LogP contribution in [0.25, 0.3) is 11.0 Å². The van der Waals surface area contributed by atoms with E-state index in [9.17, 15) is 4.79 Å². The van der Waals surface area contributed by atoms with Crippen LogP contribution >= 0.6 is 11.6 Å². The number of carbonyl (C=O) groups excluding carboxylic acids is 1. The molecule has 1 heterocycles. The van der Waals surface area contributed by atoms with E-state index in [4.69, 9.17) is 11.6 Å². The molecule has 0 saturated heterocycles. The number of benzene rings is 2. The highest BCUT2D eigenvalue weighted by atomic mass is 35.5. The summed E-state index contributed by atoms with van der Waals surface area (Å²) < 4.78 is 2.12. The average Bonchev–Trinajstić information content (AvgIpc) is 2.93. The molecule has 2 aromatic carbocycles. The fourth-order valence-electron chi connectivity index (χ4n) is 2.68. The summed E-state index contributed by atoms with van der Waals surface area (Å²) in [6.45, 7) is 4.99. The quantitative estimate of drug-likeness (QED) is 0.693. The Hall–Kier alpha value is -2.59. The van der Waals surface area contributed by atoms with Gasteiger partial charge in [-0.15, -0.1) is 6.58 Å². The van der Waals surface area contributed by atoms with Crippen LogP contribution in [0.4, 0.5) is 0 Å². The summed E-state index contributed by atoms with van der Waals surface area (Å²) in [6, 6.07) is 15.0. The normalized spacial score (nSPS) is 10.7. The first-order chi connectivity index (χ1) is 11.7. The summed E-state index contributed by atoms with van der Waals surface area (Å²) in [6.07, 6.45) is 2.48. The van der Waals surface area contributed by atoms with Gasteiger partial charge < -0.3 is 9.88 Å². The van der Waals surface area contributed by atoms with Crippen molar-refractivity contribution in [1.29, 1.82) is 0 Å². The van der Waals surface area contributed by atoms with Crippen molar-refractivity contribution in [3.8, 4) is 0 Å². The zero-order chi connectivity index (χ0) is 16.9. The number of rotatable bonds is 6. The Morgan fingerprint density at radius 1 is 1.21 bits per heavy atom. The lowest BCUT2D eigenvalue weighted by molar-refractivity contribution is 0.0954. The molecule has 0 unspecified atom stereocenters. The van der Waals surface area contributed by atoms with Gasteiger partial charge in [-0.3, -0.25) is 4.79 Å². The third-order valence-corrected chi connectivity index (χ3v) is 4.13. The molecule has 0 fully saturated rings. The number of imidazole rings is 1. The number of amides is 1. The van der Waals surface area contributed by atoms with E-state index < -0.39 is 0 Å². The molecule has 0 aliphatic heterocycles. The molecule has 0 radical (unpaired) electrons. The van der Waals surface area contributed by atoms with Gasteiger partial charge in [0.1, 0.15) is 5.82 Å². The standard InChI is InChI=1S/C19H18ClN3O/c1-2-13-23-17-10-6-5-9-16(17)22-18(23)11-12-21-19(24)14-7-3-4-8-15(14)20/h2-10H,1,11-13H2,(H,21,24). The van der Waals surface area contributed by atoms with E-state index >= 15 is 0 Å². The molecule has 0 aliphatic rings. The van der Waals surface area contributed by atoms with Gasteiger partial charge in [-0.2, -0.15) is 0 Å². The highest BCUT2D eigenvalue weighted by Gasteiger charge is 2.11. The Kier molecular flexibility index (Phi) is 4.96. The lowest BCUT2D eigenvalue weighted by atomic mass is 10.2. The number of halogens is 1. The Labute approximate surface area is 145 Å². The number of aromatic nitrogens is 2. The van der Waals surface area contributed by atoms with Crippen molar-refractivity contribution in [2.75, 3.05) is 6.54 Å². The van der Waals surface area contributed by atoms with Gasteiger partial charge in [0.25, 0.3) is 5.91 Å². The van der Waals surface area contributed by atoms with Crippen LogP contribution in [-0.4, -0.2) is 22.0 Å². The smallest absolute Gasteiger partial charge is 0.252 e. The molecule has 0 saturated carbocycles. The Bertz CT molecular complexity index is 885. The molecule has 0 atom stereocenters. The number of hydrogen-bond acceptors (Lipinski definition) is 2. The molecular formula is C19H18ClN3O. The monoisotopic (exact) mass is 339 g/mol. The maximum Gasteiger partial charge on any atom is 0.252 e. The first kappa shape index (κ1) is 16.3. The van der Waals surface area contributed by atoms with Crippen LogP contribution in [0.1, 0.15) is 16.2 Å². The summed E-state index contributed by atoms with van der Waals surface area (Å²) in [5.74, 6) is 0.752. The van der Waals surface area contributed by atoms with Crippen LogP contribution < -0.4 is 5.32 Å². The lowest BCUT2D eigenvalue weighted by Gasteiger charge is -2.08. The summed E-state index contributed by atoms with van der Waals surface area (Å²) in [7, 11) is 0. The highest BCUT2D eigenvalue weighted by molar-refractivity contribution is 6.33. The van der Waals surface area contributed by atoms with E-state index in [0.29, 0.717) is 30.1 Å². The minimum absolute atomic E-state index is 0.174. The summed E-state index contributed by atoms with van der Waals surface area (Å²) in [4.78, 5) is 16.9. The predicted molar refractivity (Wildman–Crippen MR) is 97.4 cm³/mol. The Morgan fingerprint density at radius 3 is 2.75 bits per heavy atom. The van der Waals surface area contributed by atoms with E-state index in [1.807, 2.05) is 30.3 Å². The Balaban J connectivity index is 1.72. The van der Waals surface area contributed by atoms with Crippen molar-refractivity contribution < 1.29 is 4.79 Å². The molecule has 0 spiro atoms. The van der Waals surface area contributed by atoms with Gasteiger partial charge in [0.2, 0.25) is 0 Å². The van der Waals surface area contributed by atoms with Gasteiger partial charge in [-0.05, 0) is 24.3 Å². The van der Waals surface area contributed by atoms with Crippen molar-refractivity contribution in [2.45, 2.75) is 13.0 Å². The maximum absolute atomic E-state index is 12.2. The molecule has 1 aromatic heterocycles. The number of hydrogen-bond donors (Lipinski definition) is 1. The zero-order valence-electron chi connectivity index (χ0n) is 13.2. The van der Waals surface area contributed by atoms with E-state index in [0.717, 1.165) is 16.9 Å². The van der Waals surface area contributed by atoms with E-state index in [1.54, 1.807) is 24.3 Å². The molecule has 3 rings (SSSR count). The lowest BCUT2D eigenvalue weighted by Crippen LogP contribution is -2.26. The van der Waals surface area contributed by atoms with Crippen molar-refractivity contribution in [3.63, 3.8) is 0 Å². The number of carbonyl (C=O) groups is 1. The van der Waals surface area contributed by atoms with Crippen molar-refractivity contribution in [1.82, 2.24) is 14.9 Å². The minimum Gasteiger partial charge on any atom is -0.352 e. The van der Waals surface area contributed by atoms with E-state index in [2.05, 4.69) is 21.4 Å². The first-order valence-corrected chi connectivity index (χ1v) is 8.16. The summed E-state index contributed by atoms with van der Waals surface area (Å²) in [5, 5.41) is 3.35. The SMILES string of the molecule is C=CCn1c(CCNC(=O)c2ccccc2Cl)nc2ccccc21. The summed E-state index contributed by atoms with van der Waals surface area (Å²) in [5.41, 5.74) is 2.51. The Morgan fingerprint density at radius 2 is 1.96 bits per heavy atom. The van der Waals surface area contributed by atoms with Gasteiger partial charge in [0, 0.05) is 19.5 Å². The maximum atomic E-state index is 12.2. The van der Waals surface area contributed by atoms with E-state index in [-0.39, 0.29) is 5.91 Å². The molecule has 5 heteroatoms. The van der Waals surface area contributed by atoms with Crippen molar-refractivity contribution in [2.24, 2.45) is 0 Å². The second-order valence-corrected chi connectivity index (χ2v) is 5.81. The molecule has 122 valence electrons. The van der Waals surface area contributed by atoms with Crippen LogP contribution in [-0.2, 0) is 13.0 Å². The van der Waals surface area contributed by atoms with Crippen LogP contribution in [0.3, 0.4) is 0 Å². The number of para-hydroxylation sites is 2. The third-order valence-electron chi connectivity index (χ3n) is 3.80. The summed E-state index contributed by atoms with van der Waals surface area (Å²) >= 11 is 6.05. The number of nitrogens with zero attached hydrogens (tertiary/aromatic N) is 2. The third kappa shape index (κ3) is 3.34. The fourth-order valence-corrected chi connectivity index (χ4v) is 2.90. The topological polar surface area (TPSA) is 46.9 Å². The van der Waals surface area contributed by atoms with Gasteiger partial charge in [0.15, 0.2) is 0 Å². The average molecular weight is 340 g/mol. The van der Waals surface area contributed by atoms with Crippen LogP contribution in [0.15, 0.2) is 61.2 Å². The fraction of sp³-hybridized carbons (Fsp3) is 0.158. The van der Waals surface area contributed by atoms with Crippen molar-refractivity contribution in [3.05, 3.63) is 77.6 Å². The van der Waals surface area contributed by atoms with Crippen LogP contribution in [0.5, 0.6) is 0 Å². The number of allylic oxidation sites excluding steroid dienone is 1. The molecular weight excluding hydrogens is 322 g/mol. The molecule has 0 aliphatic carbocycles.